The van der Waals surface area contributed by atoms with E-state index in [2.05, 4.69) is 5.32 Å². The first-order valence-electron chi connectivity index (χ1n) is 5.13. The van der Waals surface area contributed by atoms with Crippen LogP contribution in [0.3, 0.4) is 0 Å². The van der Waals surface area contributed by atoms with E-state index >= 15 is 0 Å². The number of phenolic OH excluding ortho intramolecular Hbond substituents is 1. The van der Waals surface area contributed by atoms with Gasteiger partial charge < -0.3 is 20.9 Å². The molecule has 7 heteroatoms. The largest absolute Gasteiger partial charge is 0.507 e. The number of aromatic hydroxyl groups is 1. The minimum Gasteiger partial charge on any atom is -0.507 e. The van der Waals surface area contributed by atoms with Gasteiger partial charge in [-0.05, 0) is 18.2 Å². The Bertz CT molecular complexity index is 451. The van der Waals surface area contributed by atoms with Gasteiger partial charge in [-0.3, -0.25) is 9.59 Å². The van der Waals surface area contributed by atoms with Crippen LogP contribution in [0.1, 0.15) is 10.4 Å². The van der Waals surface area contributed by atoms with Crippen LogP contribution in [0.4, 0.5) is 0 Å². The predicted molar refractivity (Wildman–Crippen MR) is 65.5 cm³/mol. The number of nitrogens with one attached hydrogen (secondary N) is 1. The molecule has 6 nitrogen and oxygen atoms in total. The van der Waals surface area contributed by atoms with E-state index in [-0.39, 0.29) is 31.1 Å². The fraction of sp³-hybridized carbons (Fsp3) is 0.273. The van der Waals surface area contributed by atoms with Gasteiger partial charge >= 0.3 is 0 Å². The summed E-state index contributed by atoms with van der Waals surface area (Å²) in [6.07, 6.45) is 0. The topological polar surface area (TPSA) is 102 Å². The predicted octanol–water partition coefficient (Wildman–Crippen LogP) is 0.277. The quantitative estimate of drug-likeness (QED) is 0.647. The Labute approximate surface area is 109 Å². The van der Waals surface area contributed by atoms with Crippen LogP contribution in [0.25, 0.3) is 0 Å². The van der Waals surface area contributed by atoms with Crippen molar-refractivity contribution in [3.05, 3.63) is 28.8 Å². The number of halogens is 1. The molecule has 2 amide bonds. The standard InChI is InChI=1S/C11H13ClN2O4/c12-7-1-2-9(15)8(5-7)11(17)14-3-4-18-6-10(13)16/h1-2,5,15H,3-4,6H2,(H2,13,16)(H,14,17). The molecule has 0 aromatic heterocycles. The molecule has 1 aromatic rings. The lowest BCUT2D eigenvalue weighted by atomic mass is 10.2. The average Bonchev–Trinajstić information content (AvgIpc) is 2.31. The molecule has 98 valence electrons. The van der Waals surface area contributed by atoms with Crippen LogP contribution in [-0.2, 0) is 9.53 Å². The number of phenols is 1. The van der Waals surface area contributed by atoms with Gasteiger partial charge in [0.15, 0.2) is 0 Å². The average molecular weight is 273 g/mol. The molecule has 0 aliphatic rings. The molecule has 0 spiro atoms. The fourth-order valence-corrected chi connectivity index (χ4v) is 1.37. The highest BCUT2D eigenvalue weighted by Crippen LogP contribution is 2.20. The van der Waals surface area contributed by atoms with Gasteiger partial charge in [-0.1, -0.05) is 11.6 Å². The van der Waals surface area contributed by atoms with E-state index in [1.165, 1.54) is 18.2 Å². The molecule has 4 N–H and O–H groups in total. The molecule has 0 atom stereocenters. The van der Waals surface area contributed by atoms with E-state index in [9.17, 15) is 14.7 Å². The van der Waals surface area contributed by atoms with Crippen LogP contribution in [0.2, 0.25) is 5.02 Å². The third kappa shape index (κ3) is 4.60. The summed E-state index contributed by atoms with van der Waals surface area (Å²) in [5.41, 5.74) is 4.94. The zero-order valence-electron chi connectivity index (χ0n) is 9.48. The monoisotopic (exact) mass is 272 g/mol. The van der Waals surface area contributed by atoms with Crippen molar-refractivity contribution in [3.63, 3.8) is 0 Å². The molecule has 0 unspecified atom stereocenters. The molecule has 0 bridgehead atoms. The Kier molecular flexibility index (Phi) is 5.41. The van der Waals surface area contributed by atoms with Crippen molar-refractivity contribution >= 4 is 23.4 Å². The zero-order chi connectivity index (χ0) is 13.5. The van der Waals surface area contributed by atoms with E-state index in [0.29, 0.717) is 5.02 Å². The molecule has 18 heavy (non-hydrogen) atoms. The summed E-state index contributed by atoms with van der Waals surface area (Å²) in [7, 11) is 0. The van der Waals surface area contributed by atoms with E-state index < -0.39 is 11.8 Å². The molecule has 0 radical (unpaired) electrons. The molecule has 0 aliphatic carbocycles. The molecular weight excluding hydrogens is 260 g/mol. The second-order valence-electron chi connectivity index (χ2n) is 3.44. The number of hydrogen-bond acceptors (Lipinski definition) is 4. The molecule has 1 rings (SSSR count). The fourth-order valence-electron chi connectivity index (χ4n) is 1.19. The van der Waals surface area contributed by atoms with Gasteiger partial charge in [-0.2, -0.15) is 0 Å². The van der Waals surface area contributed by atoms with E-state index in [4.69, 9.17) is 22.1 Å². The Morgan fingerprint density at radius 2 is 2.17 bits per heavy atom. The lowest BCUT2D eigenvalue weighted by Crippen LogP contribution is -2.28. The summed E-state index contributed by atoms with van der Waals surface area (Å²) in [5.74, 6) is -1.21. The van der Waals surface area contributed by atoms with E-state index in [1.807, 2.05) is 0 Å². The minimum absolute atomic E-state index is 0.0809. The Hall–Kier alpha value is -1.79. The maximum absolute atomic E-state index is 11.6. The van der Waals surface area contributed by atoms with Crippen LogP contribution in [-0.4, -0.2) is 36.7 Å². The zero-order valence-corrected chi connectivity index (χ0v) is 10.2. The smallest absolute Gasteiger partial charge is 0.255 e. The van der Waals surface area contributed by atoms with Crippen molar-refractivity contribution in [3.8, 4) is 5.75 Å². The second kappa shape index (κ2) is 6.83. The van der Waals surface area contributed by atoms with E-state index in [0.717, 1.165) is 0 Å². The highest BCUT2D eigenvalue weighted by Gasteiger charge is 2.10. The summed E-state index contributed by atoms with van der Waals surface area (Å²) in [4.78, 5) is 22.0. The van der Waals surface area contributed by atoms with Crippen molar-refractivity contribution < 1.29 is 19.4 Å². The Morgan fingerprint density at radius 3 is 2.83 bits per heavy atom. The third-order valence-corrected chi connectivity index (χ3v) is 2.21. The molecule has 0 saturated carbocycles. The van der Waals surface area contributed by atoms with Gasteiger partial charge in [0.2, 0.25) is 5.91 Å². The summed E-state index contributed by atoms with van der Waals surface area (Å²) >= 11 is 5.71. The number of ether oxygens (including phenoxy) is 1. The van der Waals surface area contributed by atoms with E-state index in [1.54, 1.807) is 0 Å². The Morgan fingerprint density at radius 1 is 1.44 bits per heavy atom. The van der Waals surface area contributed by atoms with Crippen molar-refractivity contribution in [2.75, 3.05) is 19.8 Å². The molecule has 0 heterocycles. The maximum Gasteiger partial charge on any atom is 0.255 e. The second-order valence-corrected chi connectivity index (χ2v) is 3.87. The molecule has 0 fully saturated rings. The summed E-state index contributed by atoms with van der Waals surface area (Å²) < 4.78 is 4.86. The van der Waals surface area contributed by atoms with Crippen molar-refractivity contribution in [1.82, 2.24) is 5.32 Å². The molecule has 0 saturated heterocycles. The maximum atomic E-state index is 11.6. The highest BCUT2D eigenvalue weighted by atomic mass is 35.5. The first-order valence-corrected chi connectivity index (χ1v) is 5.51. The number of carbonyl (C=O) groups is 2. The van der Waals surface area contributed by atoms with Crippen molar-refractivity contribution in [1.29, 1.82) is 0 Å². The van der Waals surface area contributed by atoms with Crippen LogP contribution in [0.15, 0.2) is 18.2 Å². The van der Waals surface area contributed by atoms with Crippen LogP contribution in [0.5, 0.6) is 5.75 Å². The number of nitrogens with two attached hydrogens (primary N) is 1. The molecule has 0 aliphatic heterocycles. The van der Waals surface area contributed by atoms with Gasteiger partial charge in [0, 0.05) is 11.6 Å². The number of carbonyl (C=O) groups excluding carboxylic acids is 2. The number of primary amides is 1. The van der Waals surface area contributed by atoms with Crippen LogP contribution < -0.4 is 11.1 Å². The SMILES string of the molecule is NC(=O)COCCNC(=O)c1cc(Cl)ccc1O. The number of amides is 2. The first kappa shape index (κ1) is 14.3. The number of hydrogen-bond donors (Lipinski definition) is 3. The van der Waals surface area contributed by atoms with Gasteiger partial charge in [0.25, 0.3) is 5.91 Å². The lowest BCUT2D eigenvalue weighted by Gasteiger charge is -2.07. The molecular formula is C11H13ClN2O4. The molecule has 1 aromatic carbocycles. The minimum atomic E-state index is -0.575. The normalized spacial score (nSPS) is 10.1. The summed E-state index contributed by atoms with van der Waals surface area (Å²) in [5, 5.41) is 12.3. The van der Waals surface area contributed by atoms with Crippen LogP contribution >= 0.6 is 11.6 Å². The highest BCUT2D eigenvalue weighted by molar-refractivity contribution is 6.31. The lowest BCUT2D eigenvalue weighted by molar-refractivity contribution is -0.122. The van der Waals surface area contributed by atoms with Gasteiger partial charge in [-0.15, -0.1) is 0 Å². The van der Waals surface area contributed by atoms with Gasteiger partial charge in [0.1, 0.15) is 12.4 Å². The number of benzene rings is 1. The van der Waals surface area contributed by atoms with Crippen molar-refractivity contribution in [2.45, 2.75) is 0 Å². The Balaban J connectivity index is 2.41. The van der Waals surface area contributed by atoms with Crippen LogP contribution in [0, 0.1) is 0 Å². The first-order chi connectivity index (χ1) is 8.50. The summed E-state index contributed by atoms with van der Waals surface area (Å²) in [6, 6.07) is 4.17. The summed E-state index contributed by atoms with van der Waals surface area (Å²) in [6.45, 7) is 0.145. The third-order valence-electron chi connectivity index (χ3n) is 1.98. The van der Waals surface area contributed by atoms with Gasteiger partial charge in [-0.25, -0.2) is 0 Å². The van der Waals surface area contributed by atoms with Crippen molar-refractivity contribution in [2.24, 2.45) is 5.73 Å². The van der Waals surface area contributed by atoms with Gasteiger partial charge in [0.05, 0.1) is 12.2 Å². The number of rotatable bonds is 6.